The summed E-state index contributed by atoms with van der Waals surface area (Å²) in [5.74, 6) is -0.0885. The zero-order chi connectivity index (χ0) is 10.4. The Hall–Kier alpha value is -1.91. The molecule has 5 heteroatoms. The Morgan fingerprint density at radius 2 is 2.43 bits per heavy atom. The number of imidazole rings is 1. The molecule has 1 heterocycles. The molecule has 0 radical (unpaired) electrons. The number of nitrogens with zero attached hydrogens (tertiary/aromatic N) is 1. The van der Waals surface area contributed by atoms with Crippen LogP contribution in [0.1, 0.15) is 17.0 Å². The Kier molecular flexibility index (Phi) is 3.60. The SMILES string of the molecule is C=CC(=O)NCCC(=O)c1ncc[nH]1. The van der Waals surface area contributed by atoms with Crippen LogP contribution in [0.15, 0.2) is 25.0 Å². The van der Waals surface area contributed by atoms with Gasteiger partial charge in [-0.05, 0) is 6.08 Å². The van der Waals surface area contributed by atoms with Gasteiger partial charge in [0, 0.05) is 25.4 Å². The summed E-state index contributed by atoms with van der Waals surface area (Å²) in [6.45, 7) is 3.59. The van der Waals surface area contributed by atoms with E-state index >= 15 is 0 Å². The molecule has 1 aromatic heterocycles. The quantitative estimate of drug-likeness (QED) is 0.521. The third kappa shape index (κ3) is 2.85. The molecule has 74 valence electrons. The minimum Gasteiger partial charge on any atom is -0.352 e. The molecule has 0 fully saturated rings. The number of carbonyl (C=O) groups excluding carboxylic acids is 2. The second-order valence-electron chi connectivity index (χ2n) is 2.61. The Morgan fingerprint density at radius 1 is 1.64 bits per heavy atom. The summed E-state index contributed by atoms with van der Waals surface area (Å²) in [7, 11) is 0. The van der Waals surface area contributed by atoms with Gasteiger partial charge in [-0.25, -0.2) is 4.98 Å². The van der Waals surface area contributed by atoms with Crippen LogP contribution in [0, 0.1) is 0 Å². The Bertz CT molecular complexity index is 330. The highest BCUT2D eigenvalue weighted by Gasteiger charge is 2.07. The lowest BCUT2D eigenvalue weighted by Gasteiger charge is -1.99. The highest BCUT2D eigenvalue weighted by atomic mass is 16.1. The molecule has 14 heavy (non-hydrogen) atoms. The first kappa shape index (κ1) is 10.2. The molecule has 1 rings (SSSR count). The molecule has 1 amide bonds. The number of nitrogens with one attached hydrogen (secondary N) is 2. The van der Waals surface area contributed by atoms with Crippen molar-refractivity contribution in [3.63, 3.8) is 0 Å². The molecule has 5 nitrogen and oxygen atoms in total. The molecule has 0 saturated carbocycles. The maximum Gasteiger partial charge on any atom is 0.243 e. The van der Waals surface area contributed by atoms with Gasteiger partial charge in [0.25, 0.3) is 0 Å². The summed E-state index contributed by atoms with van der Waals surface area (Å²) in [6.07, 6.45) is 4.48. The molecule has 0 aromatic carbocycles. The first-order chi connectivity index (χ1) is 6.74. The van der Waals surface area contributed by atoms with E-state index < -0.39 is 0 Å². The van der Waals surface area contributed by atoms with Gasteiger partial charge in [0.2, 0.25) is 5.91 Å². The normalized spacial score (nSPS) is 9.43. The van der Waals surface area contributed by atoms with E-state index in [1.807, 2.05) is 0 Å². The fourth-order valence-electron chi connectivity index (χ4n) is 0.908. The van der Waals surface area contributed by atoms with Gasteiger partial charge in [-0.15, -0.1) is 0 Å². The smallest absolute Gasteiger partial charge is 0.243 e. The average Bonchev–Trinajstić information content (AvgIpc) is 2.70. The van der Waals surface area contributed by atoms with Crippen molar-refractivity contribution in [2.45, 2.75) is 6.42 Å². The van der Waals surface area contributed by atoms with Crippen LogP contribution in [0.3, 0.4) is 0 Å². The number of aromatic nitrogens is 2. The molecule has 0 aliphatic rings. The molecule has 0 aliphatic heterocycles. The van der Waals surface area contributed by atoms with E-state index in [4.69, 9.17) is 0 Å². The van der Waals surface area contributed by atoms with Crippen molar-refractivity contribution in [3.05, 3.63) is 30.9 Å². The molecule has 0 saturated heterocycles. The van der Waals surface area contributed by atoms with E-state index in [2.05, 4.69) is 21.9 Å². The maximum absolute atomic E-state index is 11.3. The van der Waals surface area contributed by atoms with Crippen molar-refractivity contribution in [2.75, 3.05) is 6.54 Å². The van der Waals surface area contributed by atoms with Gasteiger partial charge >= 0.3 is 0 Å². The lowest BCUT2D eigenvalue weighted by molar-refractivity contribution is -0.116. The minimum atomic E-state index is -0.280. The lowest BCUT2D eigenvalue weighted by atomic mass is 10.2. The summed E-state index contributed by atoms with van der Waals surface area (Å²) in [5.41, 5.74) is 0. The van der Waals surface area contributed by atoms with Gasteiger partial charge in [0.1, 0.15) is 0 Å². The fourth-order valence-corrected chi connectivity index (χ4v) is 0.908. The van der Waals surface area contributed by atoms with Crippen molar-refractivity contribution in [2.24, 2.45) is 0 Å². The number of rotatable bonds is 5. The summed E-state index contributed by atoms with van der Waals surface area (Å²) in [5, 5.41) is 2.51. The number of H-pyrrole nitrogens is 1. The Balaban J connectivity index is 2.29. The van der Waals surface area contributed by atoms with Crippen molar-refractivity contribution in [3.8, 4) is 0 Å². The summed E-state index contributed by atoms with van der Waals surface area (Å²) in [4.78, 5) is 28.5. The number of hydrogen-bond donors (Lipinski definition) is 2. The molecule has 0 spiro atoms. The standard InChI is InChI=1S/C9H11N3O2/c1-2-8(14)10-4-3-7(13)9-11-5-6-12-9/h2,5-6H,1,3-4H2,(H,10,14)(H,11,12). The highest BCUT2D eigenvalue weighted by Crippen LogP contribution is 1.94. The van der Waals surface area contributed by atoms with E-state index in [1.165, 1.54) is 6.20 Å². The third-order valence-electron chi connectivity index (χ3n) is 1.60. The van der Waals surface area contributed by atoms with Gasteiger partial charge in [0.05, 0.1) is 0 Å². The summed E-state index contributed by atoms with van der Waals surface area (Å²) >= 11 is 0. The first-order valence-electron chi connectivity index (χ1n) is 4.17. The van der Waals surface area contributed by atoms with Crippen molar-refractivity contribution in [1.82, 2.24) is 15.3 Å². The summed E-state index contributed by atoms with van der Waals surface area (Å²) in [6, 6.07) is 0. The van der Waals surface area contributed by atoms with Crippen LogP contribution >= 0.6 is 0 Å². The van der Waals surface area contributed by atoms with E-state index in [-0.39, 0.29) is 18.1 Å². The van der Waals surface area contributed by atoms with E-state index in [9.17, 15) is 9.59 Å². The summed E-state index contributed by atoms with van der Waals surface area (Å²) < 4.78 is 0. The van der Waals surface area contributed by atoms with Gasteiger partial charge in [0.15, 0.2) is 11.6 Å². The zero-order valence-corrected chi connectivity index (χ0v) is 7.62. The molecule has 2 N–H and O–H groups in total. The monoisotopic (exact) mass is 193 g/mol. The second-order valence-corrected chi connectivity index (χ2v) is 2.61. The predicted octanol–water partition coefficient (Wildman–Crippen LogP) is 0.285. The predicted molar refractivity (Wildman–Crippen MR) is 50.7 cm³/mol. The molecular weight excluding hydrogens is 182 g/mol. The second kappa shape index (κ2) is 4.96. The van der Waals surface area contributed by atoms with Crippen molar-refractivity contribution >= 4 is 11.7 Å². The third-order valence-corrected chi connectivity index (χ3v) is 1.60. The largest absolute Gasteiger partial charge is 0.352 e. The van der Waals surface area contributed by atoms with Gasteiger partial charge < -0.3 is 10.3 Å². The fraction of sp³-hybridized carbons (Fsp3) is 0.222. The van der Waals surface area contributed by atoms with E-state index in [0.717, 1.165) is 6.08 Å². The van der Waals surface area contributed by atoms with E-state index in [0.29, 0.717) is 12.4 Å². The number of ketones is 1. The number of aromatic amines is 1. The number of Topliss-reactive ketones (excluding diaryl/α,β-unsaturated/α-hetero) is 1. The number of hydrogen-bond acceptors (Lipinski definition) is 3. The van der Waals surface area contributed by atoms with Gasteiger partial charge in [-0.1, -0.05) is 6.58 Å². The molecular formula is C9H11N3O2. The van der Waals surface area contributed by atoms with Crippen molar-refractivity contribution < 1.29 is 9.59 Å². The number of carbonyl (C=O) groups is 2. The van der Waals surface area contributed by atoms with E-state index in [1.54, 1.807) is 6.20 Å². The topological polar surface area (TPSA) is 74.8 Å². The van der Waals surface area contributed by atoms with Crippen LogP contribution < -0.4 is 5.32 Å². The molecule has 0 atom stereocenters. The molecule has 0 aliphatic carbocycles. The first-order valence-corrected chi connectivity index (χ1v) is 4.17. The Labute approximate surface area is 81.2 Å². The van der Waals surface area contributed by atoms with Crippen LogP contribution in [-0.2, 0) is 4.79 Å². The molecule has 0 unspecified atom stereocenters. The zero-order valence-electron chi connectivity index (χ0n) is 7.62. The van der Waals surface area contributed by atoms with Gasteiger partial charge in [-0.3, -0.25) is 9.59 Å². The highest BCUT2D eigenvalue weighted by molar-refractivity contribution is 5.93. The maximum atomic E-state index is 11.3. The molecule has 1 aromatic rings. The average molecular weight is 193 g/mol. The van der Waals surface area contributed by atoms with Crippen LogP contribution in [0.4, 0.5) is 0 Å². The Morgan fingerprint density at radius 3 is 3.00 bits per heavy atom. The van der Waals surface area contributed by atoms with Crippen LogP contribution in [0.25, 0.3) is 0 Å². The van der Waals surface area contributed by atoms with Gasteiger partial charge in [-0.2, -0.15) is 0 Å². The number of amides is 1. The van der Waals surface area contributed by atoms with Crippen LogP contribution in [-0.4, -0.2) is 28.2 Å². The lowest BCUT2D eigenvalue weighted by Crippen LogP contribution is -2.24. The van der Waals surface area contributed by atoms with Crippen LogP contribution in [0.2, 0.25) is 0 Å². The van der Waals surface area contributed by atoms with Crippen LogP contribution in [0.5, 0.6) is 0 Å². The minimum absolute atomic E-state index is 0.126. The van der Waals surface area contributed by atoms with Crippen molar-refractivity contribution in [1.29, 1.82) is 0 Å². The molecule has 0 bridgehead atoms.